The van der Waals surface area contributed by atoms with Crippen molar-refractivity contribution >= 4 is 33.5 Å². The van der Waals surface area contributed by atoms with Gasteiger partial charge in [-0.15, -0.1) is 0 Å². The molecule has 12 heteroatoms. The van der Waals surface area contributed by atoms with E-state index in [9.17, 15) is 18.0 Å². The summed E-state index contributed by atoms with van der Waals surface area (Å²) in [5.74, 6) is 0.202. The molecule has 0 unspecified atom stereocenters. The van der Waals surface area contributed by atoms with Crippen molar-refractivity contribution in [2.45, 2.75) is 18.2 Å². The number of aromatic amines is 1. The maximum atomic E-state index is 12.5. The first-order chi connectivity index (χ1) is 15.6. The lowest BCUT2D eigenvalue weighted by molar-refractivity contribution is -0.115. The molecule has 2 aromatic carbocycles. The molecule has 5 N–H and O–H groups in total. The number of nitrogens with one attached hydrogen (secondary N) is 3. The molecule has 3 rings (SSSR count). The van der Waals surface area contributed by atoms with Crippen molar-refractivity contribution in [3.05, 3.63) is 59.4 Å². The molecule has 0 bridgehead atoms. The average molecular weight is 474 g/mol. The number of hydrogen-bond acceptors (Lipinski definition) is 7. The average Bonchev–Trinajstić information content (AvgIpc) is 3.22. The largest absolute Gasteiger partial charge is 0.493 e. The highest BCUT2D eigenvalue weighted by molar-refractivity contribution is 7.89. The monoisotopic (exact) mass is 473 g/mol. The Balaban J connectivity index is 1.66. The summed E-state index contributed by atoms with van der Waals surface area (Å²) in [5, 5.41) is 10.3. The number of nitrogens with two attached hydrogens (primary N) is 1. The number of hydrogen-bond donors (Lipinski definition) is 4. The Labute approximate surface area is 190 Å². The van der Waals surface area contributed by atoms with Crippen LogP contribution in [0.5, 0.6) is 11.5 Å². The molecule has 0 fully saturated rings. The van der Waals surface area contributed by atoms with Gasteiger partial charge in [-0.25, -0.2) is 18.5 Å². The number of rotatable bonds is 8. The predicted molar refractivity (Wildman–Crippen MR) is 121 cm³/mol. The smallest absolute Gasteiger partial charge is 0.273 e. The van der Waals surface area contributed by atoms with Crippen molar-refractivity contribution in [1.29, 1.82) is 0 Å². The molecule has 174 valence electrons. The van der Waals surface area contributed by atoms with Crippen LogP contribution < -0.4 is 25.2 Å². The maximum Gasteiger partial charge on any atom is 0.273 e. The van der Waals surface area contributed by atoms with Crippen LogP contribution in [-0.4, -0.2) is 44.4 Å². The van der Waals surface area contributed by atoms with Gasteiger partial charge in [-0.1, -0.05) is 12.1 Å². The lowest BCUT2D eigenvalue weighted by atomic mass is 10.1. The Morgan fingerprint density at radius 3 is 2.45 bits per heavy atom. The minimum atomic E-state index is -3.92. The van der Waals surface area contributed by atoms with Gasteiger partial charge in [0.15, 0.2) is 11.5 Å². The van der Waals surface area contributed by atoms with Gasteiger partial charge in [-0.3, -0.25) is 14.9 Å². The molecule has 3 aromatic rings. The molecule has 0 saturated heterocycles. The van der Waals surface area contributed by atoms with E-state index in [1.54, 1.807) is 25.1 Å². The second-order valence-electron chi connectivity index (χ2n) is 7.04. The second kappa shape index (κ2) is 9.71. The first-order valence-corrected chi connectivity index (χ1v) is 11.2. The summed E-state index contributed by atoms with van der Waals surface area (Å²) in [4.78, 5) is 31.5. The number of ether oxygens (including phenoxy) is 2. The fraction of sp³-hybridized carbons (Fsp3) is 0.190. The molecular weight excluding hydrogens is 450 g/mol. The quantitative estimate of drug-likeness (QED) is 0.387. The van der Waals surface area contributed by atoms with E-state index in [0.29, 0.717) is 22.6 Å². The van der Waals surface area contributed by atoms with Crippen molar-refractivity contribution in [1.82, 2.24) is 9.97 Å². The summed E-state index contributed by atoms with van der Waals surface area (Å²) in [6, 6.07) is 9.27. The van der Waals surface area contributed by atoms with Crippen LogP contribution in [0.3, 0.4) is 0 Å². The second-order valence-corrected chi connectivity index (χ2v) is 8.60. The highest BCUT2D eigenvalue weighted by Gasteiger charge is 2.16. The van der Waals surface area contributed by atoms with Crippen LogP contribution in [0.4, 0.5) is 11.6 Å². The minimum Gasteiger partial charge on any atom is -0.493 e. The van der Waals surface area contributed by atoms with Gasteiger partial charge in [0.1, 0.15) is 5.69 Å². The number of aryl methyl sites for hydroxylation is 1. The summed E-state index contributed by atoms with van der Waals surface area (Å²) < 4.78 is 33.5. The number of H-pyrrole nitrogens is 1. The lowest BCUT2D eigenvalue weighted by Gasteiger charge is -2.09. The van der Waals surface area contributed by atoms with Crippen molar-refractivity contribution in [3.8, 4) is 11.5 Å². The topological polar surface area (TPSA) is 165 Å². The normalized spacial score (nSPS) is 11.0. The first kappa shape index (κ1) is 23.8. The summed E-state index contributed by atoms with van der Waals surface area (Å²) >= 11 is 0. The number of benzene rings is 2. The third-order valence-corrected chi connectivity index (χ3v) is 5.59. The number of carbonyl (C=O) groups is 2. The van der Waals surface area contributed by atoms with Crippen LogP contribution in [0.1, 0.15) is 21.6 Å². The van der Waals surface area contributed by atoms with E-state index in [-0.39, 0.29) is 34.6 Å². The van der Waals surface area contributed by atoms with Crippen LogP contribution in [0.25, 0.3) is 0 Å². The van der Waals surface area contributed by atoms with Crippen LogP contribution >= 0.6 is 0 Å². The van der Waals surface area contributed by atoms with Crippen LogP contribution in [0.2, 0.25) is 0 Å². The SMILES string of the molecule is COc1ccc(CC(=O)Nc2ncc(C(=O)Nc3cc(S(N)(=O)=O)ccc3C)[nH]2)cc1OC. The van der Waals surface area contributed by atoms with Crippen molar-refractivity contribution in [3.63, 3.8) is 0 Å². The number of carbonyl (C=O) groups excluding carboxylic acids is 2. The number of anilines is 2. The number of imidazole rings is 1. The molecule has 0 aliphatic heterocycles. The van der Waals surface area contributed by atoms with Gasteiger partial charge in [0, 0.05) is 5.69 Å². The van der Waals surface area contributed by atoms with Crippen LogP contribution in [0.15, 0.2) is 47.5 Å². The van der Waals surface area contributed by atoms with Gasteiger partial charge >= 0.3 is 0 Å². The number of sulfonamides is 1. The number of amides is 2. The molecule has 33 heavy (non-hydrogen) atoms. The van der Waals surface area contributed by atoms with Gasteiger partial charge in [0.25, 0.3) is 5.91 Å². The third-order valence-electron chi connectivity index (χ3n) is 4.68. The fourth-order valence-corrected chi connectivity index (χ4v) is 3.49. The zero-order chi connectivity index (χ0) is 24.2. The maximum absolute atomic E-state index is 12.5. The molecule has 0 saturated carbocycles. The van der Waals surface area contributed by atoms with Gasteiger partial charge in [-0.05, 0) is 42.3 Å². The molecular formula is C21H23N5O6S. The molecule has 0 radical (unpaired) electrons. The number of methoxy groups -OCH3 is 2. The number of primary sulfonamides is 1. The zero-order valence-corrected chi connectivity index (χ0v) is 18.9. The van der Waals surface area contributed by atoms with Gasteiger partial charge in [0.2, 0.25) is 21.9 Å². The Morgan fingerprint density at radius 2 is 1.79 bits per heavy atom. The van der Waals surface area contributed by atoms with Gasteiger partial charge in [0.05, 0.1) is 31.7 Å². The van der Waals surface area contributed by atoms with E-state index in [1.807, 2.05) is 0 Å². The fourth-order valence-electron chi connectivity index (χ4n) is 2.95. The van der Waals surface area contributed by atoms with Crippen molar-refractivity contribution < 1.29 is 27.5 Å². The predicted octanol–water partition coefficient (Wildman–Crippen LogP) is 1.82. The van der Waals surface area contributed by atoms with Crippen LogP contribution in [-0.2, 0) is 21.2 Å². The Hall–Kier alpha value is -3.90. The summed E-state index contributed by atoms with van der Waals surface area (Å²) in [5.41, 5.74) is 1.68. The van der Waals surface area contributed by atoms with Crippen LogP contribution in [0, 0.1) is 6.92 Å². The molecule has 11 nitrogen and oxygen atoms in total. The molecule has 0 spiro atoms. The molecule has 0 atom stereocenters. The first-order valence-electron chi connectivity index (χ1n) is 9.61. The number of nitrogens with zero attached hydrogens (tertiary/aromatic N) is 1. The zero-order valence-electron chi connectivity index (χ0n) is 18.1. The van der Waals surface area contributed by atoms with E-state index in [2.05, 4.69) is 20.6 Å². The van der Waals surface area contributed by atoms with E-state index >= 15 is 0 Å². The number of aromatic nitrogens is 2. The molecule has 2 amide bonds. The van der Waals surface area contributed by atoms with E-state index < -0.39 is 15.9 Å². The lowest BCUT2D eigenvalue weighted by Crippen LogP contribution is -2.17. The van der Waals surface area contributed by atoms with E-state index in [1.165, 1.54) is 38.6 Å². The molecule has 0 aliphatic rings. The third kappa shape index (κ3) is 5.87. The van der Waals surface area contributed by atoms with E-state index in [4.69, 9.17) is 14.6 Å². The molecule has 1 heterocycles. The molecule has 1 aromatic heterocycles. The summed E-state index contributed by atoms with van der Waals surface area (Å²) in [6.07, 6.45) is 1.29. The Bertz CT molecular complexity index is 1300. The minimum absolute atomic E-state index is 0.0438. The Kier molecular flexibility index (Phi) is 6.99. The van der Waals surface area contributed by atoms with Crippen molar-refractivity contribution in [2.75, 3.05) is 24.9 Å². The van der Waals surface area contributed by atoms with Gasteiger partial charge < -0.3 is 19.8 Å². The summed E-state index contributed by atoms with van der Waals surface area (Å²) in [7, 11) is -0.895. The standard InChI is InChI=1S/C21H23N5O6S/c1-12-4-6-14(33(22,29)30)10-15(12)24-20(28)16-11-23-21(25-16)26-19(27)9-13-5-7-17(31-2)18(8-13)32-3/h4-8,10-11H,9H2,1-3H3,(H,24,28)(H2,22,29,30)(H2,23,25,26,27). The van der Waals surface area contributed by atoms with Gasteiger partial charge in [-0.2, -0.15) is 0 Å². The highest BCUT2D eigenvalue weighted by Crippen LogP contribution is 2.27. The van der Waals surface area contributed by atoms with Crippen molar-refractivity contribution in [2.24, 2.45) is 5.14 Å². The highest BCUT2D eigenvalue weighted by atomic mass is 32.2. The molecule has 0 aliphatic carbocycles. The summed E-state index contributed by atoms with van der Waals surface area (Å²) in [6.45, 7) is 1.70. The van der Waals surface area contributed by atoms with E-state index in [0.717, 1.165) is 0 Å². The Morgan fingerprint density at radius 1 is 1.06 bits per heavy atom.